The van der Waals surface area contributed by atoms with Gasteiger partial charge in [-0.15, -0.1) is 24.8 Å². The van der Waals surface area contributed by atoms with Gasteiger partial charge in [0.15, 0.2) is 0 Å². The fraction of sp³-hybridized carbons (Fsp3) is 0.929. The van der Waals surface area contributed by atoms with Crippen molar-refractivity contribution in [1.29, 1.82) is 0 Å². The highest BCUT2D eigenvalue weighted by atomic mass is 35.5. The number of amides is 1. The van der Waals surface area contributed by atoms with Crippen molar-refractivity contribution in [3.05, 3.63) is 0 Å². The van der Waals surface area contributed by atoms with E-state index >= 15 is 0 Å². The summed E-state index contributed by atoms with van der Waals surface area (Å²) in [6, 6.07) is 0.604. The van der Waals surface area contributed by atoms with Crippen molar-refractivity contribution in [2.24, 2.45) is 5.92 Å². The normalized spacial score (nSPS) is 23.4. The van der Waals surface area contributed by atoms with Gasteiger partial charge in [-0.25, -0.2) is 0 Å². The third kappa shape index (κ3) is 5.76. The number of carbonyl (C=O) groups excluding carboxylic acids is 1. The van der Waals surface area contributed by atoms with Gasteiger partial charge in [0, 0.05) is 38.6 Å². The van der Waals surface area contributed by atoms with Crippen molar-refractivity contribution in [2.75, 3.05) is 39.3 Å². The van der Waals surface area contributed by atoms with Crippen molar-refractivity contribution in [2.45, 2.75) is 39.2 Å². The van der Waals surface area contributed by atoms with Crippen molar-refractivity contribution in [3.8, 4) is 0 Å². The number of piperazine rings is 1. The number of halogens is 2. The maximum Gasteiger partial charge on any atom is 0.222 e. The number of hydrogen-bond donors (Lipinski definition) is 1. The Kier molecular flexibility index (Phi) is 9.81. The molecule has 0 radical (unpaired) electrons. The summed E-state index contributed by atoms with van der Waals surface area (Å²) < 4.78 is 0. The summed E-state index contributed by atoms with van der Waals surface area (Å²) >= 11 is 0. The molecule has 0 aromatic rings. The molecule has 2 saturated heterocycles. The Balaban J connectivity index is 0.00000180. The predicted molar refractivity (Wildman–Crippen MR) is 88.0 cm³/mol. The van der Waals surface area contributed by atoms with Gasteiger partial charge in [-0.1, -0.05) is 0 Å². The smallest absolute Gasteiger partial charge is 0.222 e. The van der Waals surface area contributed by atoms with E-state index in [4.69, 9.17) is 0 Å². The van der Waals surface area contributed by atoms with E-state index in [1.165, 1.54) is 6.42 Å². The van der Waals surface area contributed by atoms with E-state index in [1.807, 2.05) is 0 Å². The Labute approximate surface area is 135 Å². The van der Waals surface area contributed by atoms with Gasteiger partial charge >= 0.3 is 0 Å². The lowest BCUT2D eigenvalue weighted by Crippen LogP contribution is -2.50. The van der Waals surface area contributed by atoms with Crippen LogP contribution in [-0.4, -0.2) is 61.0 Å². The van der Waals surface area contributed by atoms with Gasteiger partial charge < -0.3 is 10.2 Å². The molecular weight excluding hydrogens is 297 g/mol. The van der Waals surface area contributed by atoms with Crippen LogP contribution in [0.4, 0.5) is 0 Å². The van der Waals surface area contributed by atoms with E-state index in [0.29, 0.717) is 11.9 Å². The molecule has 4 nitrogen and oxygen atoms in total. The summed E-state index contributed by atoms with van der Waals surface area (Å²) in [7, 11) is 0. The lowest BCUT2D eigenvalue weighted by Gasteiger charge is -2.37. The minimum atomic E-state index is 0. The fourth-order valence-corrected chi connectivity index (χ4v) is 2.93. The van der Waals surface area contributed by atoms with Crippen LogP contribution in [0.5, 0.6) is 0 Å². The van der Waals surface area contributed by atoms with Gasteiger partial charge in [-0.2, -0.15) is 0 Å². The van der Waals surface area contributed by atoms with Crippen LogP contribution >= 0.6 is 24.8 Å². The number of hydrogen-bond acceptors (Lipinski definition) is 3. The Morgan fingerprint density at radius 2 is 1.85 bits per heavy atom. The first-order chi connectivity index (χ1) is 8.66. The molecule has 2 fully saturated rings. The quantitative estimate of drug-likeness (QED) is 0.855. The van der Waals surface area contributed by atoms with Gasteiger partial charge in [0.05, 0.1) is 0 Å². The van der Waals surface area contributed by atoms with Crippen molar-refractivity contribution in [1.82, 2.24) is 15.1 Å². The third-order valence-corrected chi connectivity index (χ3v) is 4.33. The maximum absolute atomic E-state index is 12.1. The van der Waals surface area contributed by atoms with E-state index in [2.05, 4.69) is 29.0 Å². The first kappa shape index (κ1) is 20.0. The fourth-order valence-electron chi connectivity index (χ4n) is 2.93. The molecule has 120 valence electrons. The predicted octanol–water partition coefficient (Wildman–Crippen LogP) is 1.77. The van der Waals surface area contributed by atoms with Gasteiger partial charge in [-0.05, 0) is 45.7 Å². The molecule has 2 aliphatic heterocycles. The summed E-state index contributed by atoms with van der Waals surface area (Å²) in [5, 5.41) is 3.36. The highest BCUT2D eigenvalue weighted by molar-refractivity contribution is 5.85. The first-order valence-corrected chi connectivity index (χ1v) is 7.39. The molecule has 2 aliphatic rings. The Bertz CT molecular complexity index is 276. The van der Waals surface area contributed by atoms with Crippen LogP contribution in [0.2, 0.25) is 0 Å². The first-order valence-electron chi connectivity index (χ1n) is 7.39. The molecule has 20 heavy (non-hydrogen) atoms. The maximum atomic E-state index is 12.1. The molecule has 0 saturated carbocycles. The molecule has 0 aromatic heterocycles. The van der Waals surface area contributed by atoms with Crippen LogP contribution in [0.25, 0.3) is 0 Å². The molecule has 1 amide bonds. The molecule has 0 spiro atoms. The topological polar surface area (TPSA) is 35.6 Å². The Hall–Kier alpha value is -0.0300. The highest BCUT2D eigenvalue weighted by Crippen LogP contribution is 2.16. The summed E-state index contributed by atoms with van der Waals surface area (Å²) in [4.78, 5) is 16.6. The van der Waals surface area contributed by atoms with E-state index in [1.54, 1.807) is 0 Å². The minimum Gasteiger partial charge on any atom is -0.340 e. The molecule has 0 aliphatic carbocycles. The van der Waals surface area contributed by atoms with E-state index in [9.17, 15) is 4.79 Å². The second kappa shape index (κ2) is 9.82. The second-order valence-electron chi connectivity index (χ2n) is 5.91. The van der Waals surface area contributed by atoms with Crippen LogP contribution < -0.4 is 5.32 Å². The number of carbonyl (C=O) groups is 1. The molecule has 1 unspecified atom stereocenters. The number of rotatable bonds is 4. The molecule has 0 aromatic carbocycles. The molecule has 1 atom stereocenters. The third-order valence-electron chi connectivity index (χ3n) is 4.33. The zero-order valence-corrected chi connectivity index (χ0v) is 14.3. The summed E-state index contributed by atoms with van der Waals surface area (Å²) in [6.07, 6.45) is 3.05. The summed E-state index contributed by atoms with van der Waals surface area (Å²) in [6.45, 7) is 10.6. The monoisotopic (exact) mass is 325 g/mol. The van der Waals surface area contributed by atoms with Crippen LogP contribution in [0.3, 0.4) is 0 Å². The standard InChI is InChI=1S/C14H27N3O.2ClH/c1-12(2)16-7-9-17(10-8-16)14(18)4-3-13-5-6-15-11-13;;/h12-13,15H,3-11H2,1-2H3;2*1H. The molecule has 2 rings (SSSR count). The SMILES string of the molecule is CC(C)N1CCN(C(=O)CCC2CCNC2)CC1.Cl.Cl. The number of nitrogens with zero attached hydrogens (tertiary/aromatic N) is 2. The lowest BCUT2D eigenvalue weighted by molar-refractivity contribution is -0.133. The molecule has 6 heteroatoms. The zero-order valence-electron chi connectivity index (χ0n) is 12.6. The molecular formula is C14H29Cl2N3O. The van der Waals surface area contributed by atoms with Crippen LogP contribution in [0.1, 0.15) is 33.1 Å². The Morgan fingerprint density at radius 1 is 1.20 bits per heavy atom. The van der Waals surface area contributed by atoms with Crippen LogP contribution in [0, 0.1) is 5.92 Å². The lowest BCUT2D eigenvalue weighted by atomic mass is 10.0. The van der Waals surface area contributed by atoms with Gasteiger partial charge in [0.25, 0.3) is 0 Å². The van der Waals surface area contributed by atoms with Crippen molar-refractivity contribution >= 4 is 30.7 Å². The van der Waals surface area contributed by atoms with Crippen LogP contribution in [-0.2, 0) is 4.79 Å². The summed E-state index contributed by atoms with van der Waals surface area (Å²) in [5.74, 6) is 1.09. The zero-order chi connectivity index (χ0) is 13.0. The van der Waals surface area contributed by atoms with Crippen molar-refractivity contribution in [3.63, 3.8) is 0 Å². The minimum absolute atomic E-state index is 0. The van der Waals surface area contributed by atoms with Gasteiger partial charge in [0.1, 0.15) is 0 Å². The van der Waals surface area contributed by atoms with Gasteiger partial charge in [0.2, 0.25) is 5.91 Å². The average Bonchev–Trinajstić information content (AvgIpc) is 2.89. The highest BCUT2D eigenvalue weighted by Gasteiger charge is 2.23. The average molecular weight is 326 g/mol. The van der Waals surface area contributed by atoms with Crippen LogP contribution in [0.15, 0.2) is 0 Å². The number of nitrogens with one attached hydrogen (secondary N) is 1. The summed E-state index contributed by atoms with van der Waals surface area (Å²) in [5.41, 5.74) is 0. The second-order valence-corrected chi connectivity index (χ2v) is 5.91. The molecule has 2 heterocycles. The van der Waals surface area contributed by atoms with Gasteiger partial charge in [-0.3, -0.25) is 9.69 Å². The van der Waals surface area contributed by atoms with E-state index in [0.717, 1.165) is 58.0 Å². The molecule has 1 N–H and O–H groups in total. The Morgan fingerprint density at radius 3 is 2.35 bits per heavy atom. The van der Waals surface area contributed by atoms with E-state index in [-0.39, 0.29) is 24.8 Å². The molecule has 0 bridgehead atoms. The largest absolute Gasteiger partial charge is 0.340 e. The van der Waals surface area contributed by atoms with Crippen molar-refractivity contribution < 1.29 is 4.79 Å². The van der Waals surface area contributed by atoms with E-state index < -0.39 is 0 Å².